The van der Waals surface area contributed by atoms with E-state index in [0.717, 1.165) is 0 Å². The van der Waals surface area contributed by atoms with Crippen LogP contribution in [0, 0.1) is 6.42 Å². The first-order valence-electron chi connectivity index (χ1n) is 2.78. The van der Waals surface area contributed by atoms with Crippen molar-refractivity contribution >= 4 is 0 Å². The second-order valence-electron chi connectivity index (χ2n) is 1.70. The maximum Gasteiger partial charge on any atom is 1.00 e. The second kappa shape index (κ2) is 5.51. The van der Waals surface area contributed by atoms with Gasteiger partial charge in [0.1, 0.15) is 0 Å². The van der Waals surface area contributed by atoms with Crippen LogP contribution in [0.15, 0.2) is 30.3 Å². The Morgan fingerprint density at radius 1 is 1.11 bits per heavy atom. The SMILES string of the molecule is C[CH-]c1ccccc1.[K+]. The Balaban J connectivity index is 0.000000640. The zero-order valence-corrected chi connectivity index (χ0v) is 9.09. The van der Waals surface area contributed by atoms with E-state index in [2.05, 4.69) is 18.6 Å². The van der Waals surface area contributed by atoms with Crippen molar-refractivity contribution in [2.75, 3.05) is 0 Å². The summed E-state index contributed by atoms with van der Waals surface area (Å²) in [6.45, 7) is 2.04. The Morgan fingerprint density at radius 2 is 1.67 bits per heavy atom. The molecule has 1 rings (SSSR count). The third-order valence-corrected chi connectivity index (χ3v) is 1.13. The van der Waals surface area contributed by atoms with Gasteiger partial charge in [-0.3, -0.25) is 0 Å². The first kappa shape index (κ1) is 9.73. The summed E-state index contributed by atoms with van der Waals surface area (Å²) in [5, 5.41) is 0. The molecule has 1 aromatic rings. The molecule has 0 spiro atoms. The van der Waals surface area contributed by atoms with Crippen LogP contribution < -0.4 is 51.4 Å². The zero-order valence-electron chi connectivity index (χ0n) is 5.96. The van der Waals surface area contributed by atoms with Crippen molar-refractivity contribution in [3.8, 4) is 0 Å². The van der Waals surface area contributed by atoms with Crippen LogP contribution in [0.1, 0.15) is 12.5 Å². The van der Waals surface area contributed by atoms with Crippen LogP contribution in [0.2, 0.25) is 0 Å². The van der Waals surface area contributed by atoms with E-state index >= 15 is 0 Å². The molecule has 0 atom stereocenters. The van der Waals surface area contributed by atoms with Crippen molar-refractivity contribution in [3.63, 3.8) is 0 Å². The summed E-state index contributed by atoms with van der Waals surface area (Å²) in [6, 6.07) is 10.3. The molecule has 42 valence electrons. The average molecular weight is 144 g/mol. The number of hydrogen-bond donors (Lipinski definition) is 0. The Kier molecular flexibility index (Phi) is 5.95. The third-order valence-electron chi connectivity index (χ3n) is 1.13. The maximum absolute atomic E-state index is 2.08. The summed E-state index contributed by atoms with van der Waals surface area (Å²) in [6.07, 6.45) is 2.08. The molecular weight excluding hydrogens is 135 g/mol. The molecule has 0 aliphatic rings. The topological polar surface area (TPSA) is 0 Å². The van der Waals surface area contributed by atoms with E-state index in [-0.39, 0.29) is 51.4 Å². The average Bonchev–Trinajstić information content (AvgIpc) is 1.90. The predicted molar refractivity (Wildman–Crippen MR) is 35.5 cm³/mol. The fraction of sp³-hybridized carbons (Fsp3) is 0.125. The summed E-state index contributed by atoms with van der Waals surface area (Å²) in [5.74, 6) is 0. The molecule has 1 heteroatoms. The van der Waals surface area contributed by atoms with E-state index in [4.69, 9.17) is 0 Å². The van der Waals surface area contributed by atoms with E-state index < -0.39 is 0 Å². The van der Waals surface area contributed by atoms with Crippen LogP contribution in [0.5, 0.6) is 0 Å². The van der Waals surface area contributed by atoms with Crippen molar-refractivity contribution in [1.29, 1.82) is 0 Å². The van der Waals surface area contributed by atoms with Gasteiger partial charge in [-0.05, 0) is 0 Å². The van der Waals surface area contributed by atoms with Crippen LogP contribution in [0.25, 0.3) is 0 Å². The molecule has 0 saturated carbocycles. The molecule has 0 unspecified atom stereocenters. The molecule has 0 aromatic heterocycles. The van der Waals surface area contributed by atoms with Crippen LogP contribution in [0.4, 0.5) is 0 Å². The summed E-state index contributed by atoms with van der Waals surface area (Å²) in [5.41, 5.74) is 1.28. The molecule has 0 nitrogen and oxygen atoms in total. The van der Waals surface area contributed by atoms with Crippen molar-refractivity contribution < 1.29 is 51.4 Å². The molecule has 0 amide bonds. The summed E-state index contributed by atoms with van der Waals surface area (Å²) in [4.78, 5) is 0. The fourth-order valence-electron chi connectivity index (χ4n) is 0.645. The quantitative estimate of drug-likeness (QED) is 0.360. The van der Waals surface area contributed by atoms with Crippen molar-refractivity contribution in [3.05, 3.63) is 42.3 Å². The van der Waals surface area contributed by atoms with Crippen molar-refractivity contribution in [1.82, 2.24) is 0 Å². The largest absolute Gasteiger partial charge is 1.00 e. The molecule has 1 aromatic carbocycles. The number of benzene rings is 1. The van der Waals surface area contributed by atoms with Gasteiger partial charge in [-0.2, -0.15) is 24.1 Å². The normalized spacial score (nSPS) is 7.67. The second-order valence-corrected chi connectivity index (χ2v) is 1.70. The summed E-state index contributed by atoms with van der Waals surface area (Å²) in [7, 11) is 0. The Labute approximate surface area is 99.1 Å². The van der Waals surface area contributed by atoms with Gasteiger partial charge >= 0.3 is 51.4 Å². The monoisotopic (exact) mass is 144 g/mol. The third kappa shape index (κ3) is 3.43. The smallest absolute Gasteiger partial charge is 0.192 e. The molecule has 9 heavy (non-hydrogen) atoms. The standard InChI is InChI=1S/C8H9.K/c1-2-8-6-4-3-5-7-8;/h2-7H,1H3;/q-1;+1. The van der Waals surface area contributed by atoms with Gasteiger partial charge < -0.3 is 0 Å². The van der Waals surface area contributed by atoms with E-state index in [0.29, 0.717) is 0 Å². The fourth-order valence-corrected chi connectivity index (χ4v) is 0.645. The van der Waals surface area contributed by atoms with Gasteiger partial charge in [-0.25, -0.2) is 0 Å². The van der Waals surface area contributed by atoms with Crippen molar-refractivity contribution in [2.45, 2.75) is 6.92 Å². The number of hydrogen-bond acceptors (Lipinski definition) is 0. The molecule has 0 bridgehead atoms. The number of rotatable bonds is 1. The van der Waals surface area contributed by atoms with E-state index in [9.17, 15) is 0 Å². The van der Waals surface area contributed by atoms with Crippen LogP contribution >= 0.6 is 0 Å². The van der Waals surface area contributed by atoms with Crippen LogP contribution in [-0.4, -0.2) is 0 Å². The van der Waals surface area contributed by atoms with E-state index in [1.807, 2.05) is 25.1 Å². The first-order valence-corrected chi connectivity index (χ1v) is 2.78. The minimum atomic E-state index is 0. The molecule has 0 saturated heterocycles. The molecule has 0 N–H and O–H groups in total. The van der Waals surface area contributed by atoms with Gasteiger partial charge in [0, 0.05) is 0 Å². The molecule has 0 heterocycles. The van der Waals surface area contributed by atoms with E-state index in [1.165, 1.54) is 5.56 Å². The van der Waals surface area contributed by atoms with Gasteiger partial charge in [-0.1, -0.05) is 13.0 Å². The van der Waals surface area contributed by atoms with Crippen LogP contribution in [0.3, 0.4) is 0 Å². The molecule has 0 aliphatic carbocycles. The van der Waals surface area contributed by atoms with Gasteiger partial charge in [-0.15, -0.1) is 12.1 Å². The van der Waals surface area contributed by atoms with Gasteiger partial charge in [0.25, 0.3) is 0 Å². The Bertz CT molecular complexity index is 146. The molecule has 0 fully saturated rings. The van der Waals surface area contributed by atoms with Crippen molar-refractivity contribution in [2.24, 2.45) is 0 Å². The summed E-state index contributed by atoms with van der Waals surface area (Å²) >= 11 is 0. The maximum atomic E-state index is 2.08. The van der Waals surface area contributed by atoms with Gasteiger partial charge in [0.05, 0.1) is 0 Å². The van der Waals surface area contributed by atoms with Gasteiger partial charge in [0.2, 0.25) is 0 Å². The Morgan fingerprint density at radius 3 is 2.00 bits per heavy atom. The summed E-state index contributed by atoms with van der Waals surface area (Å²) < 4.78 is 0. The first-order chi connectivity index (χ1) is 3.93. The van der Waals surface area contributed by atoms with Crippen LogP contribution in [-0.2, 0) is 0 Å². The molecule has 0 aliphatic heterocycles. The van der Waals surface area contributed by atoms with Gasteiger partial charge in [0.15, 0.2) is 0 Å². The minimum absolute atomic E-state index is 0. The Hall–Kier alpha value is 0.726. The predicted octanol–water partition coefficient (Wildman–Crippen LogP) is -0.737. The molecule has 0 radical (unpaired) electrons. The zero-order chi connectivity index (χ0) is 5.82. The molecular formula is C8H9K. The van der Waals surface area contributed by atoms with E-state index in [1.54, 1.807) is 0 Å². The minimum Gasteiger partial charge on any atom is -0.192 e.